The zero-order valence-corrected chi connectivity index (χ0v) is 16.0. The molecule has 2 saturated heterocycles. The molecule has 0 aromatic carbocycles. The normalized spacial score (nSPS) is 27.4. The average molecular weight is 377 g/mol. The molecule has 0 radical (unpaired) electrons. The van der Waals surface area contributed by atoms with Crippen molar-refractivity contribution in [3.63, 3.8) is 0 Å². The molecule has 8 nitrogen and oxygen atoms in total. The van der Waals surface area contributed by atoms with Crippen molar-refractivity contribution in [1.29, 1.82) is 0 Å². The van der Waals surface area contributed by atoms with Gasteiger partial charge in [0.25, 0.3) is 11.5 Å². The molecule has 2 atom stereocenters. The van der Waals surface area contributed by atoms with Gasteiger partial charge in [-0.1, -0.05) is 0 Å². The Morgan fingerprint density at radius 2 is 2.00 bits per heavy atom. The Kier molecular flexibility index (Phi) is 5.14. The van der Waals surface area contributed by atoms with E-state index in [4.69, 9.17) is 4.74 Å². The van der Waals surface area contributed by atoms with Crippen molar-refractivity contribution >= 4 is 11.8 Å². The minimum Gasteiger partial charge on any atom is -0.388 e. The number of carbonyl (C=O) groups is 2. The van der Waals surface area contributed by atoms with Crippen molar-refractivity contribution < 1.29 is 19.4 Å². The summed E-state index contributed by atoms with van der Waals surface area (Å²) in [5.74, 6) is -0.492. The van der Waals surface area contributed by atoms with E-state index in [9.17, 15) is 19.5 Å². The summed E-state index contributed by atoms with van der Waals surface area (Å²) in [5.41, 5.74) is -1.13. The number of carbonyl (C=O) groups excluding carboxylic acids is 2. The molecule has 1 aromatic heterocycles. The van der Waals surface area contributed by atoms with E-state index in [0.29, 0.717) is 38.0 Å². The topological polar surface area (TPSA) is 112 Å². The number of ether oxygens (including phenoxy) is 1. The van der Waals surface area contributed by atoms with Crippen LogP contribution >= 0.6 is 0 Å². The Hall–Kier alpha value is -2.19. The summed E-state index contributed by atoms with van der Waals surface area (Å²) in [6.07, 6.45) is 1.54. The smallest absolute Gasteiger partial charge is 0.260 e. The lowest BCUT2D eigenvalue weighted by atomic mass is 9.75. The fourth-order valence-electron chi connectivity index (χ4n) is 4.06. The van der Waals surface area contributed by atoms with Gasteiger partial charge in [-0.25, -0.2) is 0 Å². The number of nitrogens with one attached hydrogen (secondary N) is 2. The Balaban J connectivity index is 1.66. The van der Waals surface area contributed by atoms with Crippen LogP contribution in [0.1, 0.15) is 49.2 Å². The molecular formula is C19H27N3O5. The molecule has 1 aromatic rings. The number of aryl methyl sites for hydroxylation is 1. The Morgan fingerprint density at radius 1 is 1.33 bits per heavy atom. The second kappa shape index (κ2) is 7.09. The fraction of sp³-hybridized carbons (Fsp3) is 0.632. The lowest BCUT2D eigenvalue weighted by Gasteiger charge is -2.51. The molecule has 8 heteroatoms. The number of amides is 2. The Labute approximate surface area is 157 Å². The number of aromatic nitrogens is 1. The maximum Gasteiger partial charge on any atom is 0.260 e. The number of aliphatic hydroxyl groups is 1. The number of H-pyrrole nitrogens is 1. The lowest BCUT2D eigenvalue weighted by Crippen LogP contribution is -2.64. The standard InChI is InChI=1S/C19H27N3O5/c1-12-4-5-14(16(24)20-12)17(25)22-8-6-19(7-9-22)11-18(3,26)15(10-27-19)21-13(2)23/h4-5,15,26H,6-11H2,1-3H3,(H,20,24)(H,21,23)/t15-,18-/m0/s1. The zero-order valence-electron chi connectivity index (χ0n) is 16.0. The van der Waals surface area contributed by atoms with Gasteiger partial charge in [0.15, 0.2) is 0 Å². The van der Waals surface area contributed by atoms with Crippen molar-refractivity contribution in [2.75, 3.05) is 19.7 Å². The van der Waals surface area contributed by atoms with Gasteiger partial charge in [-0.15, -0.1) is 0 Å². The first-order valence-electron chi connectivity index (χ1n) is 9.25. The van der Waals surface area contributed by atoms with Gasteiger partial charge >= 0.3 is 0 Å². The molecule has 2 aliphatic rings. The van der Waals surface area contributed by atoms with Gasteiger partial charge in [-0.3, -0.25) is 14.4 Å². The molecule has 2 amide bonds. The van der Waals surface area contributed by atoms with Gasteiger partial charge in [0.2, 0.25) is 5.91 Å². The molecular weight excluding hydrogens is 350 g/mol. The van der Waals surface area contributed by atoms with Crippen LogP contribution in [0.4, 0.5) is 0 Å². The number of hydrogen-bond donors (Lipinski definition) is 3. The summed E-state index contributed by atoms with van der Waals surface area (Å²) < 4.78 is 6.05. The number of nitrogens with zero attached hydrogens (tertiary/aromatic N) is 1. The van der Waals surface area contributed by atoms with Crippen LogP contribution in [0, 0.1) is 6.92 Å². The van der Waals surface area contributed by atoms with Crippen LogP contribution in [0.5, 0.6) is 0 Å². The largest absolute Gasteiger partial charge is 0.388 e. The maximum absolute atomic E-state index is 12.7. The van der Waals surface area contributed by atoms with Crippen LogP contribution in [0.3, 0.4) is 0 Å². The molecule has 27 heavy (non-hydrogen) atoms. The van der Waals surface area contributed by atoms with E-state index >= 15 is 0 Å². The second-order valence-corrected chi connectivity index (χ2v) is 7.96. The van der Waals surface area contributed by atoms with E-state index in [1.807, 2.05) is 0 Å². The van der Waals surface area contributed by atoms with Gasteiger partial charge in [0.1, 0.15) is 5.56 Å². The van der Waals surface area contributed by atoms with E-state index in [1.165, 1.54) is 6.92 Å². The number of hydrogen-bond acceptors (Lipinski definition) is 5. The first kappa shape index (κ1) is 19.6. The molecule has 0 unspecified atom stereocenters. The molecule has 1 spiro atoms. The first-order chi connectivity index (χ1) is 12.6. The summed E-state index contributed by atoms with van der Waals surface area (Å²) in [5, 5.41) is 13.5. The lowest BCUT2D eigenvalue weighted by molar-refractivity contribution is -0.187. The monoisotopic (exact) mass is 377 g/mol. The third kappa shape index (κ3) is 4.06. The predicted octanol–water partition coefficient (Wildman–Crippen LogP) is 0.334. The summed E-state index contributed by atoms with van der Waals surface area (Å²) in [7, 11) is 0. The Morgan fingerprint density at radius 3 is 2.56 bits per heavy atom. The van der Waals surface area contributed by atoms with E-state index in [1.54, 1.807) is 30.9 Å². The van der Waals surface area contributed by atoms with E-state index in [0.717, 1.165) is 0 Å². The SMILES string of the molecule is CC(=O)N[C@H]1COC2(CCN(C(=O)c3ccc(C)[nH]c3=O)CC2)C[C@]1(C)O. The minimum absolute atomic E-state index is 0.138. The third-order valence-electron chi connectivity index (χ3n) is 5.61. The van der Waals surface area contributed by atoms with Crippen molar-refractivity contribution in [1.82, 2.24) is 15.2 Å². The van der Waals surface area contributed by atoms with Gasteiger partial charge in [0, 0.05) is 32.1 Å². The highest BCUT2D eigenvalue weighted by Crippen LogP contribution is 2.39. The molecule has 0 saturated carbocycles. The molecule has 3 rings (SSSR count). The average Bonchev–Trinajstić information content (AvgIpc) is 2.57. The van der Waals surface area contributed by atoms with Gasteiger partial charge in [-0.05, 0) is 38.8 Å². The summed E-state index contributed by atoms with van der Waals surface area (Å²) in [6, 6.07) is 2.82. The molecule has 3 heterocycles. The number of rotatable bonds is 2. The maximum atomic E-state index is 12.7. The fourth-order valence-corrected chi connectivity index (χ4v) is 4.06. The summed E-state index contributed by atoms with van der Waals surface area (Å²) in [4.78, 5) is 40.3. The summed E-state index contributed by atoms with van der Waals surface area (Å²) in [6.45, 7) is 6.03. The van der Waals surface area contributed by atoms with Crippen molar-refractivity contribution in [2.24, 2.45) is 0 Å². The molecule has 148 valence electrons. The van der Waals surface area contributed by atoms with Crippen LogP contribution in [-0.2, 0) is 9.53 Å². The molecule has 3 N–H and O–H groups in total. The Bertz CT molecular complexity index is 793. The van der Waals surface area contributed by atoms with E-state index in [2.05, 4.69) is 10.3 Å². The second-order valence-electron chi connectivity index (χ2n) is 7.96. The van der Waals surface area contributed by atoms with Crippen molar-refractivity contribution in [3.8, 4) is 0 Å². The van der Waals surface area contributed by atoms with Gasteiger partial charge < -0.3 is 25.0 Å². The number of piperidine rings is 1. The summed E-state index contributed by atoms with van der Waals surface area (Å²) >= 11 is 0. The van der Waals surface area contributed by atoms with Crippen LogP contribution in [0.25, 0.3) is 0 Å². The quantitative estimate of drug-likeness (QED) is 0.688. The van der Waals surface area contributed by atoms with Gasteiger partial charge in [-0.2, -0.15) is 0 Å². The molecule has 2 fully saturated rings. The van der Waals surface area contributed by atoms with Crippen LogP contribution in [0.15, 0.2) is 16.9 Å². The molecule has 2 aliphatic heterocycles. The molecule has 0 bridgehead atoms. The first-order valence-corrected chi connectivity index (χ1v) is 9.25. The van der Waals surface area contributed by atoms with E-state index in [-0.39, 0.29) is 29.5 Å². The number of likely N-dealkylation sites (tertiary alicyclic amines) is 1. The molecule has 0 aliphatic carbocycles. The van der Waals surface area contributed by atoms with Crippen LogP contribution in [0.2, 0.25) is 0 Å². The highest BCUT2D eigenvalue weighted by Gasteiger charge is 2.49. The van der Waals surface area contributed by atoms with Crippen LogP contribution < -0.4 is 10.9 Å². The third-order valence-corrected chi connectivity index (χ3v) is 5.61. The van der Waals surface area contributed by atoms with Crippen LogP contribution in [-0.4, -0.2) is 63.7 Å². The minimum atomic E-state index is -1.08. The number of pyridine rings is 1. The van der Waals surface area contributed by atoms with Crippen molar-refractivity contribution in [3.05, 3.63) is 33.7 Å². The highest BCUT2D eigenvalue weighted by atomic mass is 16.5. The zero-order chi connectivity index (χ0) is 19.8. The number of aromatic amines is 1. The van der Waals surface area contributed by atoms with E-state index < -0.39 is 17.2 Å². The van der Waals surface area contributed by atoms with Gasteiger partial charge in [0.05, 0.1) is 23.9 Å². The van der Waals surface area contributed by atoms with Crippen molar-refractivity contribution in [2.45, 2.75) is 57.3 Å². The predicted molar refractivity (Wildman–Crippen MR) is 98.5 cm³/mol. The highest BCUT2D eigenvalue weighted by molar-refractivity contribution is 5.93.